The quantitative estimate of drug-likeness (QED) is 0.692. The third-order valence-electron chi connectivity index (χ3n) is 3.37. The lowest BCUT2D eigenvalue weighted by Crippen LogP contribution is -2.33. The van der Waals surface area contributed by atoms with E-state index in [4.69, 9.17) is 4.74 Å². The van der Waals surface area contributed by atoms with Gasteiger partial charge in [0.05, 0.1) is 13.0 Å². The summed E-state index contributed by atoms with van der Waals surface area (Å²) in [5.41, 5.74) is 2.38. The highest BCUT2D eigenvalue weighted by molar-refractivity contribution is 5.77. The van der Waals surface area contributed by atoms with E-state index in [-0.39, 0.29) is 18.3 Å². The van der Waals surface area contributed by atoms with Crippen LogP contribution in [0.1, 0.15) is 37.8 Å². The number of ether oxygens (including phenoxy) is 1. The predicted molar refractivity (Wildman–Crippen MR) is 83.0 cm³/mol. The molecule has 0 aliphatic rings. The molecule has 0 aliphatic heterocycles. The molecule has 4 heteroatoms. The molecule has 0 saturated heterocycles. The molecule has 4 nitrogen and oxygen atoms in total. The number of carbonyl (C=O) groups is 2. The Balaban J connectivity index is 2.40. The molecule has 0 spiro atoms. The number of hydrogen-bond acceptors (Lipinski definition) is 3. The zero-order chi connectivity index (χ0) is 15.7. The Morgan fingerprint density at radius 3 is 2.33 bits per heavy atom. The van der Waals surface area contributed by atoms with E-state index in [0.717, 1.165) is 12.0 Å². The topological polar surface area (TPSA) is 46.6 Å². The van der Waals surface area contributed by atoms with Crippen molar-refractivity contribution in [2.75, 3.05) is 19.7 Å². The first-order valence-corrected chi connectivity index (χ1v) is 7.55. The normalized spacial score (nSPS) is 10.2. The minimum Gasteiger partial charge on any atom is -0.466 e. The number of amides is 1. The summed E-state index contributed by atoms with van der Waals surface area (Å²) in [5.74, 6) is -0.162. The summed E-state index contributed by atoms with van der Waals surface area (Å²) in [4.78, 5) is 25.2. The molecule has 1 amide bonds. The fraction of sp³-hybridized carbons (Fsp3) is 0.529. The van der Waals surface area contributed by atoms with Crippen molar-refractivity contribution >= 4 is 11.9 Å². The Labute approximate surface area is 127 Å². The number of carbonyl (C=O) groups excluding carboxylic acids is 2. The Morgan fingerprint density at radius 2 is 1.76 bits per heavy atom. The van der Waals surface area contributed by atoms with Crippen LogP contribution in [-0.2, 0) is 20.7 Å². The minimum atomic E-state index is -0.248. The van der Waals surface area contributed by atoms with Crippen molar-refractivity contribution in [3.8, 4) is 0 Å². The van der Waals surface area contributed by atoms with Gasteiger partial charge in [-0.1, -0.05) is 29.8 Å². The van der Waals surface area contributed by atoms with Gasteiger partial charge < -0.3 is 9.64 Å². The molecule has 1 rings (SSSR count). The number of nitrogens with zero attached hydrogens (tertiary/aromatic N) is 1. The van der Waals surface area contributed by atoms with Crippen molar-refractivity contribution in [2.24, 2.45) is 0 Å². The monoisotopic (exact) mass is 291 g/mol. The molecule has 1 aromatic rings. The third-order valence-corrected chi connectivity index (χ3v) is 3.37. The molecule has 0 unspecified atom stereocenters. The second-order valence-corrected chi connectivity index (χ2v) is 5.01. The SMILES string of the molecule is CCOC(=O)CCN(CC)C(=O)CCc1ccc(C)cc1. The zero-order valence-electron chi connectivity index (χ0n) is 13.2. The van der Waals surface area contributed by atoms with Gasteiger partial charge in [0.1, 0.15) is 0 Å². The fourth-order valence-corrected chi connectivity index (χ4v) is 2.08. The molecule has 0 bridgehead atoms. The smallest absolute Gasteiger partial charge is 0.307 e. The van der Waals surface area contributed by atoms with E-state index < -0.39 is 0 Å². The zero-order valence-corrected chi connectivity index (χ0v) is 13.2. The van der Waals surface area contributed by atoms with Gasteiger partial charge in [0.2, 0.25) is 5.91 Å². The van der Waals surface area contributed by atoms with Crippen LogP contribution in [0.25, 0.3) is 0 Å². The molecule has 1 aromatic carbocycles. The maximum absolute atomic E-state index is 12.2. The molecule has 0 N–H and O–H groups in total. The van der Waals surface area contributed by atoms with Crippen LogP contribution in [-0.4, -0.2) is 36.5 Å². The van der Waals surface area contributed by atoms with Crippen molar-refractivity contribution in [2.45, 2.75) is 40.0 Å². The van der Waals surface area contributed by atoms with E-state index in [2.05, 4.69) is 24.3 Å². The number of aryl methyl sites for hydroxylation is 2. The Bertz CT molecular complexity index is 454. The summed E-state index contributed by atoms with van der Waals surface area (Å²) in [6.45, 7) is 7.18. The van der Waals surface area contributed by atoms with Crippen LogP contribution in [0.4, 0.5) is 0 Å². The van der Waals surface area contributed by atoms with Gasteiger partial charge in [0.25, 0.3) is 0 Å². The summed E-state index contributed by atoms with van der Waals surface area (Å²) in [7, 11) is 0. The van der Waals surface area contributed by atoms with Crippen molar-refractivity contribution in [1.82, 2.24) is 4.90 Å². The Morgan fingerprint density at radius 1 is 1.10 bits per heavy atom. The van der Waals surface area contributed by atoms with E-state index in [1.807, 2.05) is 13.8 Å². The molecular weight excluding hydrogens is 266 g/mol. The van der Waals surface area contributed by atoms with Crippen molar-refractivity contribution in [3.05, 3.63) is 35.4 Å². The van der Waals surface area contributed by atoms with E-state index >= 15 is 0 Å². The lowest BCUT2D eigenvalue weighted by Gasteiger charge is -2.20. The first kappa shape index (κ1) is 17.2. The second-order valence-electron chi connectivity index (χ2n) is 5.01. The van der Waals surface area contributed by atoms with E-state index in [9.17, 15) is 9.59 Å². The van der Waals surface area contributed by atoms with Gasteiger partial charge in [-0.25, -0.2) is 0 Å². The molecule has 0 aromatic heterocycles. The van der Waals surface area contributed by atoms with Crippen molar-refractivity contribution < 1.29 is 14.3 Å². The van der Waals surface area contributed by atoms with Gasteiger partial charge in [0.15, 0.2) is 0 Å². The van der Waals surface area contributed by atoms with Gasteiger partial charge in [0, 0.05) is 19.5 Å². The van der Waals surface area contributed by atoms with Crippen LogP contribution in [0.15, 0.2) is 24.3 Å². The van der Waals surface area contributed by atoms with Gasteiger partial charge in [-0.05, 0) is 32.8 Å². The largest absolute Gasteiger partial charge is 0.466 e. The van der Waals surface area contributed by atoms with Gasteiger partial charge in [-0.2, -0.15) is 0 Å². The van der Waals surface area contributed by atoms with E-state index in [1.165, 1.54) is 5.56 Å². The van der Waals surface area contributed by atoms with E-state index in [1.54, 1.807) is 11.8 Å². The molecule has 0 radical (unpaired) electrons. The molecule has 116 valence electrons. The lowest BCUT2D eigenvalue weighted by atomic mass is 10.1. The first-order valence-electron chi connectivity index (χ1n) is 7.55. The third kappa shape index (κ3) is 6.43. The van der Waals surface area contributed by atoms with Crippen LogP contribution in [0, 0.1) is 6.92 Å². The van der Waals surface area contributed by atoms with Crippen LogP contribution >= 0.6 is 0 Å². The molecule has 0 heterocycles. The number of hydrogen-bond donors (Lipinski definition) is 0. The average molecular weight is 291 g/mol. The van der Waals surface area contributed by atoms with Crippen LogP contribution in [0.2, 0.25) is 0 Å². The standard InChI is InChI=1S/C17H25NO3/c1-4-18(13-12-17(20)21-5-2)16(19)11-10-15-8-6-14(3)7-9-15/h6-9H,4-5,10-13H2,1-3H3. The predicted octanol–water partition coefficient (Wildman–Crippen LogP) is 2.73. The number of benzene rings is 1. The molecule has 0 atom stereocenters. The summed E-state index contributed by atoms with van der Waals surface area (Å²) < 4.78 is 4.88. The summed E-state index contributed by atoms with van der Waals surface area (Å²) in [5, 5.41) is 0. The van der Waals surface area contributed by atoms with Crippen molar-refractivity contribution in [3.63, 3.8) is 0 Å². The highest BCUT2D eigenvalue weighted by Gasteiger charge is 2.13. The first-order chi connectivity index (χ1) is 10.1. The Kier molecular flexibility index (Phi) is 7.51. The summed E-state index contributed by atoms with van der Waals surface area (Å²) in [6, 6.07) is 8.21. The van der Waals surface area contributed by atoms with E-state index in [0.29, 0.717) is 26.1 Å². The number of rotatable bonds is 8. The Hall–Kier alpha value is -1.84. The van der Waals surface area contributed by atoms with Crippen molar-refractivity contribution in [1.29, 1.82) is 0 Å². The molecular formula is C17H25NO3. The van der Waals surface area contributed by atoms with Gasteiger partial charge >= 0.3 is 5.97 Å². The molecule has 0 saturated carbocycles. The fourth-order valence-electron chi connectivity index (χ4n) is 2.08. The maximum atomic E-state index is 12.2. The molecule has 0 fully saturated rings. The summed E-state index contributed by atoms with van der Waals surface area (Å²) in [6.07, 6.45) is 1.46. The minimum absolute atomic E-state index is 0.0855. The van der Waals surface area contributed by atoms with Crippen LogP contribution in [0.3, 0.4) is 0 Å². The lowest BCUT2D eigenvalue weighted by molar-refractivity contribution is -0.144. The molecule has 21 heavy (non-hydrogen) atoms. The average Bonchev–Trinajstić information content (AvgIpc) is 2.47. The number of esters is 1. The highest BCUT2D eigenvalue weighted by Crippen LogP contribution is 2.07. The highest BCUT2D eigenvalue weighted by atomic mass is 16.5. The summed E-state index contributed by atoms with van der Waals surface area (Å²) >= 11 is 0. The van der Waals surface area contributed by atoms with Gasteiger partial charge in [-0.3, -0.25) is 9.59 Å². The van der Waals surface area contributed by atoms with Crippen LogP contribution in [0.5, 0.6) is 0 Å². The maximum Gasteiger partial charge on any atom is 0.307 e. The second kappa shape index (κ2) is 9.16. The molecule has 0 aliphatic carbocycles. The van der Waals surface area contributed by atoms with Crippen LogP contribution < -0.4 is 0 Å². The van der Waals surface area contributed by atoms with Gasteiger partial charge in [-0.15, -0.1) is 0 Å².